The van der Waals surface area contributed by atoms with Gasteiger partial charge in [0.2, 0.25) is 5.96 Å². The van der Waals surface area contributed by atoms with E-state index < -0.39 is 0 Å². The van der Waals surface area contributed by atoms with Crippen LogP contribution >= 0.6 is 0 Å². The average molecular weight is 246 g/mol. The fourth-order valence-corrected chi connectivity index (χ4v) is 2.32. The summed E-state index contributed by atoms with van der Waals surface area (Å²) in [6.45, 7) is 4.15. The van der Waals surface area contributed by atoms with E-state index in [1.54, 1.807) is 0 Å². The van der Waals surface area contributed by atoms with E-state index in [0.717, 1.165) is 5.69 Å². The lowest BCUT2D eigenvalue weighted by molar-refractivity contribution is 0.700. The van der Waals surface area contributed by atoms with Crippen molar-refractivity contribution in [3.63, 3.8) is 0 Å². The Balaban J connectivity index is 2.11. The minimum atomic E-state index is 0.411. The highest BCUT2D eigenvalue weighted by Gasteiger charge is 2.14. The number of hydrazine groups is 1. The molecule has 1 aromatic rings. The topological polar surface area (TPSA) is 62.4 Å². The third-order valence-corrected chi connectivity index (χ3v) is 3.42. The fourth-order valence-electron chi connectivity index (χ4n) is 2.32. The first-order valence-corrected chi connectivity index (χ1v) is 6.58. The summed E-state index contributed by atoms with van der Waals surface area (Å²) >= 11 is 0. The lowest BCUT2D eigenvalue weighted by Crippen LogP contribution is -2.37. The molecule has 1 saturated carbocycles. The van der Waals surface area contributed by atoms with Gasteiger partial charge in [-0.15, -0.1) is 0 Å². The SMILES string of the molecule is Cc1ccc(C)c(NC(=NC2CCCC2)NN)c1. The third kappa shape index (κ3) is 3.23. The highest BCUT2D eigenvalue weighted by Crippen LogP contribution is 2.21. The Hall–Kier alpha value is -1.55. The lowest BCUT2D eigenvalue weighted by atomic mass is 10.1. The van der Waals surface area contributed by atoms with Gasteiger partial charge < -0.3 is 5.32 Å². The molecule has 98 valence electrons. The van der Waals surface area contributed by atoms with Crippen molar-refractivity contribution in [3.05, 3.63) is 29.3 Å². The molecule has 2 rings (SSSR count). The van der Waals surface area contributed by atoms with Crippen LogP contribution in [0.4, 0.5) is 5.69 Å². The predicted molar refractivity (Wildman–Crippen MR) is 76.6 cm³/mol. The molecule has 1 aliphatic carbocycles. The number of benzene rings is 1. The van der Waals surface area contributed by atoms with Gasteiger partial charge in [0.15, 0.2) is 0 Å². The molecule has 0 radical (unpaired) electrons. The van der Waals surface area contributed by atoms with Crippen molar-refractivity contribution in [2.45, 2.75) is 45.6 Å². The first-order chi connectivity index (χ1) is 8.69. The van der Waals surface area contributed by atoms with E-state index in [1.165, 1.54) is 36.8 Å². The molecule has 4 N–H and O–H groups in total. The number of hydrogen-bond donors (Lipinski definition) is 3. The molecule has 0 saturated heterocycles. The minimum absolute atomic E-state index is 0.411. The summed E-state index contributed by atoms with van der Waals surface area (Å²) in [4.78, 5) is 4.63. The Labute approximate surface area is 109 Å². The van der Waals surface area contributed by atoms with Crippen LogP contribution in [-0.2, 0) is 0 Å². The molecule has 0 heterocycles. The maximum Gasteiger partial charge on any atom is 0.210 e. The number of aliphatic imine (C=N–C) groups is 1. The van der Waals surface area contributed by atoms with Crippen molar-refractivity contribution < 1.29 is 0 Å². The largest absolute Gasteiger partial charge is 0.325 e. The smallest absolute Gasteiger partial charge is 0.210 e. The zero-order valence-electron chi connectivity index (χ0n) is 11.2. The number of guanidine groups is 1. The molecule has 0 aromatic heterocycles. The van der Waals surface area contributed by atoms with Crippen LogP contribution < -0.4 is 16.6 Å². The van der Waals surface area contributed by atoms with Gasteiger partial charge in [-0.3, -0.25) is 5.43 Å². The molecular formula is C14H22N4. The zero-order valence-corrected chi connectivity index (χ0v) is 11.2. The van der Waals surface area contributed by atoms with Crippen LogP contribution in [0.2, 0.25) is 0 Å². The van der Waals surface area contributed by atoms with Crippen molar-refractivity contribution in [1.82, 2.24) is 5.43 Å². The van der Waals surface area contributed by atoms with Crippen LogP contribution in [0.5, 0.6) is 0 Å². The van der Waals surface area contributed by atoms with Gasteiger partial charge in [-0.2, -0.15) is 0 Å². The Morgan fingerprint density at radius 1 is 1.28 bits per heavy atom. The van der Waals surface area contributed by atoms with Crippen LogP contribution in [0.3, 0.4) is 0 Å². The van der Waals surface area contributed by atoms with Crippen LogP contribution in [0.1, 0.15) is 36.8 Å². The summed E-state index contributed by atoms with van der Waals surface area (Å²) in [6.07, 6.45) is 4.88. The Morgan fingerprint density at radius 3 is 2.67 bits per heavy atom. The van der Waals surface area contributed by atoms with E-state index in [9.17, 15) is 0 Å². The molecule has 0 unspecified atom stereocenters. The van der Waals surface area contributed by atoms with Gasteiger partial charge >= 0.3 is 0 Å². The second-order valence-electron chi connectivity index (χ2n) is 5.00. The standard InChI is InChI=1S/C14H22N4/c1-10-7-8-11(2)13(9-10)17-14(18-15)16-12-5-3-4-6-12/h7-9,12H,3-6,15H2,1-2H3,(H2,16,17,18). The summed E-state index contributed by atoms with van der Waals surface area (Å²) in [7, 11) is 0. The van der Waals surface area contributed by atoms with Crippen molar-refractivity contribution in [1.29, 1.82) is 0 Å². The van der Waals surface area contributed by atoms with Crippen molar-refractivity contribution >= 4 is 11.6 Å². The Kier molecular flexibility index (Phi) is 4.20. The van der Waals surface area contributed by atoms with Crippen LogP contribution in [-0.4, -0.2) is 12.0 Å². The number of nitrogens with two attached hydrogens (primary N) is 1. The van der Waals surface area contributed by atoms with E-state index in [2.05, 4.69) is 47.8 Å². The molecule has 0 aliphatic heterocycles. The molecule has 1 aromatic carbocycles. The number of rotatable bonds is 2. The molecule has 0 spiro atoms. The van der Waals surface area contributed by atoms with E-state index in [1.807, 2.05) is 0 Å². The molecule has 4 heteroatoms. The van der Waals surface area contributed by atoms with E-state index in [0.29, 0.717) is 12.0 Å². The highest BCUT2D eigenvalue weighted by atomic mass is 15.3. The number of anilines is 1. The van der Waals surface area contributed by atoms with Gasteiger partial charge in [-0.1, -0.05) is 25.0 Å². The van der Waals surface area contributed by atoms with Crippen LogP contribution in [0.15, 0.2) is 23.2 Å². The van der Waals surface area contributed by atoms with Crippen molar-refractivity contribution in [3.8, 4) is 0 Å². The summed E-state index contributed by atoms with van der Waals surface area (Å²) in [5.74, 6) is 6.21. The molecular weight excluding hydrogens is 224 g/mol. The number of hydrogen-bond acceptors (Lipinski definition) is 2. The van der Waals surface area contributed by atoms with E-state index in [-0.39, 0.29) is 0 Å². The van der Waals surface area contributed by atoms with E-state index in [4.69, 9.17) is 5.84 Å². The van der Waals surface area contributed by atoms with Gasteiger partial charge in [0.1, 0.15) is 0 Å². The minimum Gasteiger partial charge on any atom is -0.325 e. The second-order valence-corrected chi connectivity index (χ2v) is 5.00. The van der Waals surface area contributed by atoms with Gasteiger partial charge in [0.05, 0.1) is 6.04 Å². The van der Waals surface area contributed by atoms with Gasteiger partial charge in [-0.25, -0.2) is 10.8 Å². The first-order valence-electron chi connectivity index (χ1n) is 6.58. The third-order valence-electron chi connectivity index (χ3n) is 3.42. The second kappa shape index (κ2) is 5.87. The van der Waals surface area contributed by atoms with Crippen LogP contribution in [0.25, 0.3) is 0 Å². The quantitative estimate of drug-likeness (QED) is 0.325. The van der Waals surface area contributed by atoms with Gasteiger partial charge in [0.25, 0.3) is 0 Å². The lowest BCUT2D eigenvalue weighted by Gasteiger charge is -2.14. The predicted octanol–water partition coefficient (Wildman–Crippen LogP) is 2.48. The Morgan fingerprint density at radius 2 is 2.00 bits per heavy atom. The molecule has 1 aliphatic rings. The molecule has 0 atom stereocenters. The summed E-state index contributed by atoms with van der Waals surface area (Å²) in [6, 6.07) is 6.72. The molecule has 18 heavy (non-hydrogen) atoms. The molecule has 0 amide bonds. The zero-order chi connectivity index (χ0) is 13.0. The summed E-state index contributed by atoms with van der Waals surface area (Å²) < 4.78 is 0. The normalized spacial score (nSPS) is 16.9. The summed E-state index contributed by atoms with van der Waals surface area (Å²) in [5.41, 5.74) is 6.14. The van der Waals surface area contributed by atoms with Gasteiger partial charge in [-0.05, 0) is 43.9 Å². The molecule has 1 fully saturated rings. The first kappa shape index (κ1) is 12.9. The van der Waals surface area contributed by atoms with Crippen molar-refractivity contribution in [2.75, 3.05) is 5.32 Å². The summed E-state index contributed by atoms with van der Waals surface area (Å²) in [5, 5.41) is 3.28. The highest BCUT2D eigenvalue weighted by molar-refractivity contribution is 5.94. The van der Waals surface area contributed by atoms with Gasteiger partial charge in [0, 0.05) is 5.69 Å². The number of nitrogens with zero attached hydrogens (tertiary/aromatic N) is 1. The number of nitrogens with one attached hydrogen (secondary N) is 2. The maximum absolute atomic E-state index is 5.54. The molecule has 4 nitrogen and oxygen atoms in total. The fraction of sp³-hybridized carbons (Fsp3) is 0.500. The van der Waals surface area contributed by atoms with Crippen molar-refractivity contribution in [2.24, 2.45) is 10.8 Å². The number of aryl methyl sites for hydroxylation is 2. The van der Waals surface area contributed by atoms with Crippen LogP contribution in [0, 0.1) is 13.8 Å². The maximum atomic E-state index is 5.54. The average Bonchev–Trinajstić information content (AvgIpc) is 2.85. The Bertz CT molecular complexity index is 433. The molecule has 0 bridgehead atoms. The van der Waals surface area contributed by atoms with E-state index >= 15 is 0 Å². The monoisotopic (exact) mass is 246 g/mol.